The van der Waals surface area contributed by atoms with Crippen LogP contribution in [0.3, 0.4) is 0 Å². The summed E-state index contributed by atoms with van der Waals surface area (Å²) < 4.78 is 7.09. The number of carbonyl (C=O) groups excluding carboxylic acids is 1. The van der Waals surface area contributed by atoms with Gasteiger partial charge in [0, 0.05) is 25.4 Å². The number of amides is 1. The number of nitrogens with zero attached hydrogens (tertiary/aromatic N) is 2. The summed E-state index contributed by atoms with van der Waals surface area (Å²) in [5.41, 5.74) is 6.40. The fourth-order valence-corrected chi connectivity index (χ4v) is 1.77. The molecule has 0 radical (unpaired) electrons. The summed E-state index contributed by atoms with van der Waals surface area (Å²) in [7, 11) is 1.79. The Morgan fingerprint density at radius 2 is 2.15 bits per heavy atom. The average molecular weight is 274 g/mol. The SMILES string of the molecule is Cn1cc(CN)c(NC(=O)CCOc2ccccc2)n1. The molecule has 6 nitrogen and oxygen atoms in total. The fourth-order valence-electron chi connectivity index (χ4n) is 1.77. The molecule has 0 aliphatic heterocycles. The van der Waals surface area contributed by atoms with Crippen LogP contribution in [0.5, 0.6) is 5.75 Å². The first-order valence-electron chi connectivity index (χ1n) is 6.39. The molecule has 2 rings (SSSR count). The molecule has 0 fully saturated rings. The van der Waals surface area contributed by atoms with E-state index in [0.717, 1.165) is 11.3 Å². The van der Waals surface area contributed by atoms with Crippen LogP contribution in [-0.2, 0) is 18.4 Å². The van der Waals surface area contributed by atoms with Gasteiger partial charge in [-0.2, -0.15) is 5.10 Å². The highest BCUT2D eigenvalue weighted by atomic mass is 16.5. The first-order chi connectivity index (χ1) is 9.69. The second-order valence-corrected chi connectivity index (χ2v) is 4.34. The molecule has 0 spiro atoms. The second kappa shape index (κ2) is 6.72. The first kappa shape index (κ1) is 14.1. The summed E-state index contributed by atoms with van der Waals surface area (Å²) in [5.74, 6) is 1.12. The van der Waals surface area contributed by atoms with E-state index in [1.165, 1.54) is 0 Å². The Morgan fingerprint density at radius 3 is 2.85 bits per heavy atom. The van der Waals surface area contributed by atoms with Crippen molar-refractivity contribution in [1.82, 2.24) is 9.78 Å². The number of aryl methyl sites for hydroxylation is 1. The zero-order chi connectivity index (χ0) is 14.4. The number of rotatable bonds is 6. The molecule has 0 bridgehead atoms. The number of carbonyl (C=O) groups is 1. The molecule has 0 aliphatic carbocycles. The van der Waals surface area contributed by atoms with E-state index >= 15 is 0 Å². The van der Waals surface area contributed by atoms with Gasteiger partial charge < -0.3 is 15.8 Å². The number of ether oxygens (including phenoxy) is 1. The minimum absolute atomic E-state index is 0.144. The third-order valence-corrected chi connectivity index (χ3v) is 2.72. The second-order valence-electron chi connectivity index (χ2n) is 4.34. The smallest absolute Gasteiger partial charge is 0.229 e. The number of nitrogens with one attached hydrogen (secondary N) is 1. The predicted octanol–water partition coefficient (Wildman–Crippen LogP) is 1.29. The highest BCUT2D eigenvalue weighted by Gasteiger charge is 2.10. The zero-order valence-corrected chi connectivity index (χ0v) is 11.4. The van der Waals surface area contributed by atoms with Gasteiger partial charge in [0.05, 0.1) is 13.0 Å². The van der Waals surface area contributed by atoms with Gasteiger partial charge in [-0.25, -0.2) is 0 Å². The van der Waals surface area contributed by atoms with Crippen molar-refractivity contribution in [2.75, 3.05) is 11.9 Å². The van der Waals surface area contributed by atoms with Crippen LogP contribution in [0.4, 0.5) is 5.82 Å². The Kier molecular flexibility index (Phi) is 4.73. The molecule has 106 valence electrons. The Bertz CT molecular complexity index is 566. The molecule has 1 aromatic carbocycles. The van der Waals surface area contributed by atoms with Gasteiger partial charge in [0.15, 0.2) is 5.82 Å². The topological polar surface area (TPSA) is 82.2 Å². The summed E-state index contributed by atoms with van der Waals surface area (Å²) in [6.07, 6.45) is 2.05. The number of hydrogen-bond donors (Lipinski definition) is 2. The monoisotopic (exact) mass is 274 g/mol. The Hall–Kier alpha value is -2.34. The van der Waals surface area contributed by atoms with E-state index in [1.807, 2.05) is 30.3 Å². The highest BCUT2D eigenvalue weighted by molar-refractivity contribution is 5.90. The van der Waals surface area contributed by atoms with Crippen LogP contribution in [0.15, 0.2) is 36.5 Å². The maximum Gasteiger partial charge on any atom is 0.229 e. The molecule has 0 atom stereocenters. The van der Waals surface area contributed by atoms with Crippen LogP contribution >= 0.6 is 0 Å². The fraction of sp³-hybridized carbons (Fsp3) is 0.286. The molecule has 1 aromatic heterocycles. The molecule has 1 heterocycles. The third-order valence-electron chi connectivity index (χ3n) is 2.72. The van der Waals surface area contributed by atoms with Crippen molar-refractivity contribution >= 4 is 11.7 Å². The van der Waals surface area contributed by atoms with Crippen LogP contribution in [0.2, 0.25) is 0 Å². The lowest BCUT2D eigenvalue weighted by Crippen LogP contribution is -2.17. The van der Waals surface area contributed by atoms with Gasteiger partial charge in [0.2, 0.25) is 5.91 Å². The lowest BCUT2D eigenvalue weighted by atomic mass is 10.3. The van der Waals surface area contributed by atoms with Gasteiger partial charge in [0.1, 0.15) is 5.75 Å². The van der Waals surface area contributed by atoms with Gasteiger partial charge in [-0.15, -0.1) is 0 Å². The number of hydrogen-bond acceptors (Lipinski definition) is 4. The van der Waals surface area contributed by atoms with E-state index in [0.29, 0.717) is 19.0 Å². The Labute approximate surface area is 117 Å². The van der Waals surface area contributed by atoms with E-state index in [-0.39, 0.29) is 12.3 Å². The summed E-state index contributed by atoms with van der Waals surface area (Å²) in [6.45, 7) is 0.657. The van der Waals surface area contributed by atoms with Gasteiger partial charge in [-0.05, 0) is 12.1 Å². The minimum Gasteiger partial charge on any atom is -0.493 e. The summed E-state index contributed by atoms with van der Waals surface area (Å²) in [5, 5.41) is 6.89. The maximum atomic E-state index is 11.8. The van der Waals surface area contributed by atoms with E-state index < -0.39 is 0 Å². The highest BCUT2D eigenvalue weighted by Crippen LogP contribution is 2.12. The number of para-hydroxylation sites is 1. The van der Waals surface area contributed by atoms with Crippen molar-refractivity contribution < 1.29 is 9.53 Å². The molecule has 0 unspecified atom stereocenters. The summed E-state index contributed by atoms with van der Waals surface area (Å²) in [4.78, 5) is 11.8. The van der Waals surface area contributed by atoms with E-state index in [2.05, 4.69) is 10.4 Å². The van der Waals surface area contributed by atoms with Gasteiger partial charge in [0.25, 0.3) is 0 Å². The van der Waals surface area contributed by atoms with Crippen molar-refractivity contribution in [2.45, 2.75) is 13.0 Å². The van der Waals surface area contributed by atoms with Crippen LogP contribution in [0, 0.1) is 0 Å². The van der Waals surface area contributed by atoms with Crippen LogP contribution < -0.4 is 15.8 Å². The standard InChI is InChI=1S/C14H18N4O2/c1-18-10-11(9-15)14(17-18)16-13(19)7-8-20-12-5-3-2-4-6-12/h2-6,10H,7-9,15H2,1H3,(H,16,17,19). The van der Waals surface area contributed by atoms with Crippen molar-refractivity contribution in [1.29, 1.82) is 0 Å². The molecular weight excluding hydrogens is 256 g/mol. The number of nitrogens with two attached hydrogens (primary N) is 1. The van der Waals surface area contributed by atoms with E-state index in [9.17, 15) is 4.79 Å². The molecule has 6 heteroatoms. The van der Waals surface area contributed by atoms with E-state index in [4.69, 9.17) is 10.5 Å². The van der Waals surface area contributed by atoms with Gasteiger partial charge in [-0.1, -0.05) is 18.2 Å². The molecule has 1 amide bonds. The van der Waals surface area contributed by atoms with Crippen molar-refractivity contribution in [3.63, 3.8) is 0 Å². The molecule has 2 aromatic rings. The Morgan fingerprint density at radius 1 is 1.40 bits per heavy atom. The predicted molar refractivity (Wildman–Crippen MR) is 76.3 cm³/mol. The Balaban J connectivity index is 1.80. The largest absolute Gasteiger partial charge is 0.493 e. The number of anilines is 1. The lowest BCUT2D eigenvalue weighted by molar-refractivity contribution is -0.116. The maximum absolute atomic E-state index is 11.8. The van der Waals surface area contributed by atoms with Gasteiger partial charge >= 0.3 is 0 Å². The van der Waals surface area contributed by atoms with Crippen molar-refractivity contribution in [2.24, 2.45) is 12.8 Å². The van der Waals surface area contributed by atoms with E-state index in [1.54, 1.807) is 17.9 Å². The van der Waals surface area contributed by atoms with Crippen LogP contribution in [-0.4, -0.2) is 22.3 Å². The molecule has 0 aliphatic rings. The molecule has 3 N–H and O–H groups in total. The van der Waals surface area contributed by atoms with Gasteiger partial charge in [-0.3, -0.25) is 9.48 Å². The quantitative estimate of drug-likeness (QED) is 0.831. The van der Waals surface area contributed by atoms with Crippen LogP contribution in [0.25, 0.3) is 0 Å². The summed E-state index contributed by atoms with van der Waals surface area (Å²) >= 11 is 0. The third kappa shape index (κ3) is 3.83. The van der Waals surface area contributed by atoms with Crippen molar-refractivity contribution in [3.8, 4) is 5.75 Å². The average Bonchev–Trinajstić information content (AvgIpc) is 2.80. The lowest BCUT2D eigenvalue weighted by Gasteiger charge is -2.06. The summed E-state index contributed by atoms with van der Waals surface area (Å²) in [6, 6.07) is 9.38. The normalized spacial score (nSPS) is 10.3. The molecule has 0 saturated heterocycles. The number of benzene rings is 1. The molecule has 20 heavy (non-hydrogen) atoms. The molecular formula is C14H18N4O2. The van der Waals surface area contributed by atoms with Crippen molar-refractivity contribution in [3.05, 3.63) is 42.1 Å². The first-order valence-corrected chi connectivity index (χ1v) is 6.39. The molecule has 0 saturated carbocycles. The van der Waals surface area contributed by atoms with Crippen LogP contribution in [0.1, 0.15) is 12.0 Å². The number of aromatic nitrogens is 2. The zero-order valence-electron chi connectivity index (χ0n) is 11.4. The minimum atomic E-state index is -0.144.